The van der Waals surface area contributed by atoms with Crippen LogP contribution in [0.2, 0.25) is 0 Å². The molecule has 0 saturated carbocycles. The number of pyridine rings is 1. The number of anilines is 1. The van der Waals surface area contributed by atoms with Gasteiger partial charge in [-0.3, -0.25) is 0 Å². The van der Waals surface area contributed by atoms with Gasteiger partial charge in [0.25, 0.3) is 10.0 Å². The number of sulfonamides is 1. The maximum Gasteiger partial charge on any atom is 0.260 e. The van der Waals surface area contributed by atoms with Gasteiger partial charge in [-0.05, 0) is 26.0 Å². The summed E-state index contributed by atoms with van der Waals surface area (Å²) in [4.78, 5) is 3.93. The lowest BCUT2D eigenvalue weighted by Crippen LogP contribution is -2.25. The maximum atomic E-state index is 12.2. The maximum absolute atomic E-state index is 12.2. The van der Waals surface area contributed by atoms with E-state index in [-0.39, 0.29) is 11.6 Å². The van der Waals surface area contributed by atoms with Crippen molar-refractivity contribution in [2.24, 2.45) is 0 Å². The number of aromatic nitrogens is 2. The van der Waals surface area contributed by atoms with Crippen LogP contribution in [0.5, 0.6) is 0 Å². The van der Waals surface area contributed by atoms with E-state index in [1.807, 2.05) is 6.92 Å². The second kappa shape index (κ2) is 6.02. The van der Waals surface area contributed by atoms with Crippen LogP contribution in [-0.2, 0) is 16.6 Å². The van der Waals surface area contributed by atoms with Gasteiger partial charge in [0.15, 0.2) is 5.03 Å². The van der Waals surface area contributed by atoms with Crippen molar-refractivity contribution in [3.8, 4) is 0 Å². The minimum Gasteiger partial charge on any atom is -0.383 e. The quantitative estimate of drug-likeness (QED) is 0.833. The van der Waals surface area contributed by atoms with E-state index < -0.39 is 10.0 Å². The van der Waals surface area contributed by atoms with Crippen LogP contribution in [-0.4, -0.2) is 25.1 Å². The minimum atomic E-state index is -3.71. The molecule has 2 aromatic rings. The number of hydrogen-bond acceptors (Lipinski definition) is 6. The van der Waals surface area contributed by atoms with Crippen LogP contribution < -0.4 is 10.0 Å². The molecule has 2 heterocycles. The van der Waals surface area contributed by atoms with Gasteiger partial charge in [0, 0.05) is 18.8 Å². The molecule has 2 aromatic heterocycles. The standard InChI is InChI=1S/C12H16N4O3S/c1-3-13-11-5-4-6-14-12(11)20(17,18)15-8-10-7-9(2)19-16-10/h4-7,13,15H,3,8H2,1-2H3. The highest BCUT2D eigenvalue weighted by molar-refractivity contribution is 7.89. The molecule has 20 heavy (non-hydrogen) atoms. The van der Waals surface area contributed by atoms with Gasteiger partial charge < -0.3 is 9.84 Å². The molecule has 0 aliphatic rings. The average molecular weight is 296 g/mol. The van der Waals surface area contributed by atoms with E-state index in [1.165, 1.54) is 6.20 Å². The zero-order chi connectivity index (χ0) is 14.6. The fourth-order valence-electron chi connectivity index (χ4n) is 1.67. The van der Waals surface area contributed by atoms with Gasteiger partial charge in [-0.25, -0.2) is 18.1 Å². The number of nitrogens with zero attached hydrogens (tertiary/aromatic N) is 2. The van der Waals surface area contributed by atoms with Crippen molar-refractivity contribution >= 4 is 15.7 Å². The summed E-state index contributed by atoms with van der Waals surface area (Å²) in [6.45, 7) is 4.29. The van der Waals surface area contributed by atoms with Crippen molar-refractivity contribution in [1.29, 1.82) is 0 Å². The molecule has 0 radical (unpaired) electrons. The van der Waals surface area contributed by atoms with Crippen LogP contribution in [0, 0.1) is 6.92 Å². The van der Waals surface area contributed by atoms with Gasteiger partial charge in [0.1, 0.15) is 5.76 Å². The van der Waals surface area contributed by atoms with Crippen molar-refractivity contribution in [3.05, 3.63) is 35.9 Å². The molecular weight excluding hydrogens is 280 g/mol. The van der Waals surface area contributed by atoms with E-state index in [4.69, 9.17) is 4.52 Å². The van der Waals surface area contributed by atoms with Crippen LogP contribution in [0.1, 0.15) is 18.4 Å². The number of nitrogens with one attached hydrogen (secondary N) is 2. The summed E-state index contributed by atoms with van der Waals surface area (Å²) < 4.78 is 31.8. The molecule has 0 aromatic carbocycles. The lowest BCUT2D eigenvalue weighted by Gasteiger charge is -2.10. The Kier molecular flexibility index (Phi) is 4.35. The Balaban J connectivity index is 2.18. The number of rotatable bonds is 6. The van der Waals surface area contributed by atoms with Gasteiger partial charge in [0.05, 0.1) is 17.9 Å². The Morgan fingerprint density at radius 1 is 1.40 bits per heavy atom. The molecule has 8 heteroatoms. The predicted molar refractivity (Wildman–Crippen MR) is 73.7 cm³/mol. The molecule has 0 amide bonds. The van der Waals surface area contributed by atoms with Crippen molar-refractivity contribution < 1.29 is 12.9 Å². The van der Waals surface area contributed by atoms with E-state index in [0.29, 0.717) is 23.7 Å². The first-order valence-electron chi connectivity index (χ1n) is 6.13. The van der Waals surface area contributed by atoms with Gasteiger partial charge in [0.2, 0.25) is 0 Å². The summed E-state index contributed by atoms with van der Waals surface area (Å²) in [7, 11) is -3.71. The van der Waals surface area contributed by atoms with E-state index in [9.17, 15) is 8.42 Å². The Bertz CT molecular complexity index is 682. The molecule has 7 nitrogen and oxygen atoms in total. The summed E-state index contributed by atoms with van der Waals surface area (Å²) in [5.74, 6) is 0.630. The molecule has 0 spiro atoms. The highest BCUT2D eigenvalue weighted by atomic mass is 32.2. The van der Waals surface area contributed by atoms with Crippen molar-refractivity contribution in [2.75, 3.05) is 11.9 Å². The van der Waals surface area contributed by atoms with Gasteiger partial charge >= 0.3 is 0 Å². The first-order valence-corrected chi connectivity index (χ1v) is 7.62. The first kappa shape index (κ1) is 14.5. The smallest absolute Gasteiger partial charge is 0.260 e. The lowest BCUT2D eigenvalue weighted by atomic mass is 10.4. The van der Waals surface area contributed by atoms with Crippen LogP contribution in [0.25, 0.3) is 0 Å². The summed E-state index contributed by atoms with van der Waals surface area (Å²) in [6.07, 6.45) is 1.44. The molecule has 2 rings (SSSR count). The molecular formula is C12H16N4O3S. The summed E-state index contributed by atoms with van der Waals surface area (Å²) in [5, 5.41) is 6.68. The van der Waals surface area contributed by atoms with Crippen molar-refractivity contribution in [1.82, 2.24) is 14.9 Å². The zero-order valence-corrected chi connectivity index (χ0v) is 12.1. The second-order valence-electron chi connectivity index (χ2n) is 4.14. The summed E-state index contributed by atoms with van der Waals surface area (Å²) >= 11 is 0. The largest absolute Gasteiger partial charge is 0.383 e. The third-order valence-corrected chi connectivity index (χ3v) is 3.87. The molecule has 0 aliphatic carbocycles. The van der Waals surface area contributed by atoms with Crippen LogP contribution >= 0.6 is 0 Å². The fourth-order valence-corrected chi connectivity index (χ4v) is 2.77. The molecule has 0 unspecified atom stereocenters. The van der Waals surface area contributed by atoms with Crippen LogP contribution in [0.15, 0.2) is 33.9 Å². The Morgan fingerprint density at radius 3 is 2.85 bits per heavy atom. The molecule has 0 bridgehead atoms. The minimum absolute atomic E-state index is 0.0259. The van der Waals surface area contributed by atoms with Crippen LogP contribution in [0.3, 0.4) is 0 Å². The molecule has 0 aliphatic heterocycles. The summed E-state index contributed by atoms with van der Waals surface area (Å²) in [5.41, 5.74) is 0.992. The molecule has 0 saturated heterocycles. The third kappa shape index (κ3) is 3.34. The average Bonchev–Trinajstić information content (AvgIpc) is 2.83. The Hall–Kier alpha value is -1.93. The number of aryl methyl sites for hydroxylation is 1. The number of hydrogen-bond donors (Lipinski definition) is 2. The highest BCUT2D eigenvalue weighted by Crippen LogP contribution is 2.17. The van der Waals surface area contributed by atoms with E-state index >= 15 is 0 Å². The molecule has 0 atom stereocenters. The van der Waals surface area contributed by atoms with E-state index in [1.54, 1.807) is 25.1 Å². The fraction of sp³-hybridized carbons (Fsp3) is 0.333. The SMILES string of the molecule is CCNc1cccnc1S(=O)(=O)NCc1cc(C)on1. The normalized spacial score (nSPS) is 11.5. The second-order valence-corrected chi connectivity index (χ2v) is 5.82. The molecule has 108 valence electrons. The zero-order valence-electron chi connectivity index (χ0n) is 11.3. The van der Waals surface area contributed by atoms with Crippen molar-refractivity contribution in [2.45, 2.75) is 25.4 Å². The van der Waals surface area contributed by atoms with Crippen molar-refractivity contribution in [3.63, 3.8) is 0 Å². The van der Waals surface area contributed by atoms with Crippen LogP contribution in [0.4, 0.5) is 5.69 Å². The van der Waals surface area contributed by atoms with Gasteiger partial charge in [-0.2, -0.15) is 0 Å². The van der Waals surface area contributed by atoms with E-state index in [0.717, 1.165) is 0 Å². The Morgan fingerprint density at radius 2 is 2.20 bits per heavy atom. The Labute approximate surface area is 117 Å². The van der Waals surface area contributed by atoms with Gasteiger partial charge in [-0.15, -0.1) is 0 Å². The topological polar surface area (TPSA) is 97.1 Å². The third-order valence-electron chi connectivity index (χ3n) is 2.51. The highest BCUT2D eigenvalue weighted by Gasteiger charge is 2.20. The first-order chi connectivity index (χ1) is 9.53. The van der Waals surface area contributed by atoms with E-state index in [2.05, 4.69) is 20.2 Å². The molecule has 0 fully saturated rings. The lowest BCUT2D eigenvalue weighted by molar-refractivity contribution is 0.390. The predicted octanol–water partition coefficient (Wildman–Crippen LogP) is 1.29. The summed E-state index contributed by atoms with van der Waals surface area (Å²) in [6, 6.07) is 5.02. The monoisotopic (exact) mass is 296 g/mol. The van der Waals surface area contributed by atoms with Gasteiger partial charge in [-0.1, -0.05) is 5.16 Å². The molecule has 2 N–H and O–H groups in total.